The summed E-state index contributed by atoms with van der Waals surface area (Å²) >= 11 is 0. The van der Waals surface area contributed by atoms with Crippen molar-refractivity contribution in [2.24, 2.45) is 16.1 Å². The zero-order valence-corrected chi connectivity index (χ0v) is 8.65. The van der Waals surface area contributed by atoms with Gasteiger partial charge in [-0.25, -0.2) is 0 Å². The summed E-state index contributed by atoms with van der Waals surface area (Å²) in [4.78, 5) is 0. The number of nitrogens with zero attached hydrogens (tertiary/aromatic N) is 3. The van der Waals surface area contributed by atoms with Gasteiger partial charge in [0.2, 0.25) is 0 Å². The molecule has 0 aliphatic heterocycles. The molecule has 0 aliphatic carbocycles. The first-order chi connectivity index (χ1) is 5.89. The molecule has 4 nitrogen and oxygen atoms in total. The molecule has 0 rings (SSSR count). The van der Waals surface area contributed by atoms with Crippen molar-refractivity contribution in [1.82, 2.24) is 0 Å². The molecule has 0 aromatic rings. The minimum atomic E-state index is -0.833. The Bertz CT molecular complexity index is 217. The molecular formula is C9H17N3O. The maximum atomic E-state index is 8.88. The van der Waals surface area contributed by atoms with Gasteiger partial charge in [0, 0.05) is 0 Å². The molecule has 74 valence electrons. The number of hydrogen-bond acceptors (Lipinski definition) is 4. The Balaban J connectivity index is 4.39. The fourth-order valence-corrected chi connectivity index (χ4v) is 1.11. The van der Waals surface area contributed by atoms with Crippen LogP contribution in [0.2, 0.25) is 0 Å². The SMILES string of the molecule is CC(C)CC(C)(C#N)N=NC(C)O. The lowest BCUT2D eigenvalue weighted by Crippen LogP contribution is -2.21. The number of rotatable bonds is 4. The lowest BCUT2D eigenvalue weighted by molar-refractivity contribution is 0.191. The van der Waals surface area contributed by atoms with Crippen molar-refractivity contribution in [2.75, 3.05) is 0 Å². The van der Waals surface area contributed by atoms with Gasteiger partial charge in [0.25, 0.3) is 0 Å². The lowest BCUT2D eigenvalue weighted by Gasteiger charge is -2.17. The van der Waals surface area contributed by atoms with E-state index in [1.54, 1.807) is 6.92 Å². The fourth-order valence-electron chi connectivity index (χ4n) is 1.11. The van der Waals surface area contributed by atoms with Crippen LogP contribution in [0.3, 0.4) is 0 Å². The second-order valence-electron chi connectivity index (χ2n) is 3.83. The van der Waals surface area contributed by atoms with E-state index in [0.717, 1.165) is 0 Å². The zero-order valence-electron chi connectivity index (χ0n) is 8.65. The van der Waals surface area contributed by atoms with Crippen molar-refractivity contribution in [3.63, 3.8) is 0 Å². The van der Waals surface area contributed by atoms with Crippen molar-refractivity contribution in [3.05, 3.63) is 0 Å². The predicted octanol–water partition coefficient (Wildman–Crippen LogP) is 2.11. The summed E-state index contributed by atoms with van der Waals surface area (Å²) in [5.74, 6) is 0.387. The second kappa shape index (κ2) is 4.93. The van der Waals surface area contributed by atoms with E-state index < -0.39 is 11.8 Å². The van der Waals surface area contributed by atoms with Gasteiger partial charge < -0.3 is 5.11 Å². The molecule has 4 heteroatoms. The highest BCUT2D eigenvalue weighted by Crippen LogP contribution is 2.20. The van der Waals surface area contributed by atoms with Crippen LogP contribution in [0.25, 0.3) is 0 Å². The summed E-state index contributed by atoms with van der Waals surface area (Å²) in [5, 5.41) is 25.1. The van der Waals surface area contributed by atoms with Gasteiger partial charge in [0.05, 0.1) is 6.07 Å². The van der Waals surface area contributed by atoms with Crippen LogP contribution in [0.4, 0.5) is 0 Å². The highest BCUT2D eigenvalue weighted by molar-refractivity contribution is 5.03. The van der Waals surface area contributed by atoms with Crippen LogP contribution in [0.1, 0.15) is 34.1 Å². The first-order valence-electron chi connectivity index (χ1n) is 4.41. The van der Waals surface area contributed by atoms with E-state index >= 15 is 0 Å². The van der Waals surface area contributed by atoms with E-state index in [2.05, 4.69) is 16.3 Å². The van der Waals surface area contributed by atoms with Crippen LogP contribution in [0.15, 0.2) is 10.2 Å². The third kappa shape index (κ3) is 5.31. The Kier molecular flexibility index (Phi) is 4.57. The van der Waals surface area contributed by atoms with E-state index in [9.17, 15) is 0 Å². The second-order valence-corrected chi connectivity index (χ2v) is 3.83. The number of azo groups is 1. The number of aliphatic hydroxyl groups is 1. The molecule has 0 fully saturated rings. The number of nitriles is 1. The highest BCUT2D eigenvalue weighted by atomic mass is 16.3. The van der Waals surface area contributed by atoms with E-state index in [1.165, 1.54) is 6.92 Å². The number of aliphatic hydroxyl groups excluding tert-OH is 1. The van der Waals surface area contributed by atoms with Gasteiger partial charge in [-0.3, -0.25) is 0 Å². The van der Waals surface area contributed by atoms with E-state index in [4.69, 9.17) is 10.4 Å². The molecule has 0 aliphatic rings. The Labute approximate surface area is 79.3 Å². The molecule has 0 aromatic heterocycles. The molecule has 0 bridgehead atoms. The Morgan fingerprint density at radius 2 is 2.00 bits per heavy atom. The molecule has 0 aromatic carbocycles. The minimum absolute atomic E-state index is 0.387. The first-order valence-corrected chi connectivity index (χ1v) is 4.41. The van der Waals surface area contributed by atoms with Gasteiger partial charge in [-0.05, 0) is 26.2 Å². The van der Waals surface area contributed by atoms with Gasteiger partial charge in [-0.1, -0.05) is 13.8 Å². The van der Waals surface area contributed by atoms with Crippen LogP contribution >= 0.6 is 0 Å². The van der Waals surface area contributed by atoms with E-state index in [-0.39, 0.29) is 0 Å². The third-order valence-corrected chi connectivity index (χ3v) is 1.49. The third-order valence-electron chi connectivity index (χ3n) is 1.49. The quantitative estimate of drug-likeness (QED) is 0.678. The summed E-state index contributed by atoms with van der Waals surface area (Å²) in [5.41, 5.74) is -0.800. The van der Waals surface area contributed by atoms with Crippen molar-refractivity contribution >= 4 is 0 Å². The summed E-state index contributed by atoms with van der Waals surface area (Å²) in [7, 11) is 0. The standard InChI is InChI=1S/C9H17N3O/c1-7(2)5-9(4,6-10)12-11-8(3)13/h7-8,13H,5H2,1-4H3. The topological polar surface area (TPSA) is 68.7 Å². The zero-order chi connectivity index (χ0) is 10.5. The Morgan fingerprint density at radius 3 is 2.31 bits per heavy atom. The van der Waals surface area contributed by atoms with Crippen molar-refractivity contribution in [1.29, 1.82) is 5.26 Å². The molecule has 2 unspecified atom stereocenters. The molecule has 13 heavy (non-hydrogen) atoms. The molecule has 0 amide bonds. The molecule has 0 spiro atoms. The monoisotopic (exact) mass is 183 g/mol. The summed E-state index contributed by atoms with van der Waals surface area (Å²) in [6.45, 7) is 7.27. The van der Waals surface area contributed by atoms with Gasteiger partial charge in [0.15, 0.2) is 11.8 Å². The van der Waals surface area contributed by atoms with Crippen LogP contribution < -0.4 is 0 Å². The highest BCUT2D eigenvalue weighted by Gasteiger charge is 2.24. The largest absolute Gasteiger partial charge is 0.370 e. The molecular weight excluding hydrogens is 166 g/mol. The molecule has 2 atom stereocenters. The van der Waals surface area contributed by atoms with Crippen LogP contribution in [-0.4, -0.2) is 16.9 Å². The van der Waals surface area contributed by atoms with Crippen molar-refractivity contribution in [2.45, 2.75) is 45.9 Å². The van der Waals surface area contributed by atoms with Crippen LogP contribution in [-0.2, 0) is 0 Å². The smallest absolute Gasteiger partial charge is 0.165 e. The Hall–Kier alpha value is -0.950. The first kappa shape index (κ1) is 12.0. The van der Waals surface area contributed by atoms with E-state index in [0.29, 0.717) is 12.3 Å². The molecule has 0 radical (unpaired) electrons. The minimum Gasteiger partial charge on any atom is -0.370 e. The van der Waals surface area contributed by atoms with Gasteiger partial charge in [-0.2, -0.15) is 15.5 Å². The van der Waals surface area contributed by atoms with Gasteiger partial charge in [-0.15, -0.1) is 0 Å². The van der Waals surface area contributed by atoms with E-state index in [1.807, 2.05) is 13.8 Å². The maximum absolute atomic E-state index is 8.88. The Morgan fingerprint density at radius 1 is 1.46 bits per heavy atom. The average Bonchev–Trinajstić information content (AvgIpc) is 2.00. The summed E-state index contributed by atoms with van der Waals surface area (Å²) in [6, 6.07) is 2.09. The predicted molar refractivity (Wildman–Crippen MR) is 50.0 cm³/mol. The molecule has 0 saturated heterocycles. The van der Waals surface area contributed by atoms with Gasteiger partial charge in [0.1, 0.15) is 0 Å². The average molecular weight is 183 g/mol. The molecule has 0 saturated carbocycles. The number of hydrogen-bond donors (Lipinski definition) is 1. The van der Waals surface area contributed by atoms with Crippen molar-refractivity contribution in [3.8, 4) is 6.07 Å². The maximum Gasteiger partial charge on any atom is 0.165 e. The molecule has 1 N–H and O–H groups in total. The molecule has 0 heterocycles. The lowest BCUT2D eigenvalue weighted by atomic mass is 9.93. The van der Waals surface area contributed by atoms with Crippen LogP contribution in [0, 0.1) is 17.2 Å². The summed E-state index contributed by atoms with van der Waals surface area (Å²) in [6.07, 6.45) is -0.181. The van der Waals surface area contributed by atoms with Gasteiger partial charge >= 0.3 is 0 Å². The van der Waals surface area contributed by atoms with Crippen LogP contribution in [0.5, 0.6) is 0 Å². The van der Waals surface area contributed by atoms with Crippen molar-refractivity contribution < 1.29 is 5.11 Å². The summed E-state index contributed by atoms with van der Waals surface area (Å²) < 4.78 is 0. The fraction of sp³-hybridized carbons (Fsp3) is 0.889. The normalized spacial score (nSPS) is 18.5.